The molecule has 1 aromatic carbocycles. The van der Waals surface area contributed by atoms with Gasteiger partial charge in [0.2, 0.25) is 0 Å². The third-order valence-corrected chi connectivity index (χ3v) is 2.87. The quantitative estimate of drug-likeness (QED) is 0.329. The summed E-state index contributed by atoms with van der Waals surface area (Å²) in [4.78, 5) is 16.0. The molecule has 1 amide bonds. The lowest BCUT2D eigenvalue weighted by atomic mass is 10.1. The highest BCUT2D eigenvalue weighted by atomic mass is 16.4. The summed E-state index contributed by atoms with van der Waals surface area (Å²) in [5, 5.41) is 14.5. The summed E-state index contributed by atoms with van der Waals surface area (Å²) in [5.74, 6) is -0.447. The lowest BCUT2D eigenvalue weighted by Crippen LogP contribution is -2.38. The molecular formula is C13H15N5O2. The second-order valence-corrected chi connectivity index (χ2v) is 4.23. The van der Waals surface area contributed by atoms with Crippen LogP contribution in [0, 0.1) is 0 Å². The van der Waals surface area contributed by atoms with Crippen LogP contribution in [0.3, 0.4) is 0 Å². The molecule has 1 heterocycles. The number of nitrogens with zero attached hydrogens (tertiary/aromatic N) is 3. The van der Waals surface area contributed by atoms with E-state index in [0.717, 1.165) is 5.56 Å². The number of rotatable bonds is 4. The van der Waals surface area contributed by atoms with E-state index in [0.29, 0.717) is 5.69 Å². The fourth-order valence-corrected chi connectivity index (χ4v) is 1.81. The number of nitrogens with two attached hydrogens (primary N) is 1. The Kier molecular flexibility index (Phi) is 3.99. The Balaban J connectivity index is 2.26. The molecule has 1 unspecified atom stereocenters. The van der Waals surface area contributed by atoms with E-state index < -0.39 is 6.04 Å². The van der Waals surface area contributed by atoms with Crippen LogP contribution in [-0.4, -0.2) is 26.5 Å². The summed E-state index contributed by atoms with van der Waals surface area (Å²) >= 11 is 0. The number of aryl methyl sites for hydroxylation is 1. The van der Waals surface area contributed by atoms with Gasteiger partial charge in [-0.1, -0.05) is 35.5 Å². The fraction of sp³-hybridized carbons (Fsp3) is 0.154. The Labute approximate surface area is 115 Å². The van der Waals surface area contributed by atoms with Crippen LogP contribution in [0.25, 0.3) is 0 Å². The van der Waals surface area contributed by atoms with Crippen LogP contribution in [0.15, 0.2) is 48.0 Å². The van der Waals surface area contributed by atoms with Crippen molar-refractivity contribution in [1.29, 1.82) is 0 Å². The van der Waals surface area contributed by atoms with Gasteiger partial charge in [-0.15, -0.1) is 0 Å². The number of amidine groups is 1. The van der Waals surface area contributed by atoms with Crippen molar-refractivity contribution < 1.29 is 10.0 Å². The largest absolute Gasteiger partial charge is 0.409 e. The van der Waals surface area contributed by atoms with Gasteiger partial charge in [0.25, 0.3) is 5.91 Å². The Morgan fingerprint density at radius 3 is 2.70 bits per heavy atom. The molecule has 0 radical (unpaired) electrons. The molecule has 0 aliphatic rings. The van der Waals surface area contributed by atoms with Gasteiger partial charge >= 0.3 is 0 Å². The highest BCUT2D eigenvalue weighted by molar-refractivity contribution is 5.97. The molecule has 0 spiro atoms. The van der Waals surface area contributed by atoms with Gasteiger partial charge in [-0.05, 0) is 5.56 Å². The molecule has 0 saturated heterocycles. The monoisotopic (exact) mass is 273 g/mol. The van der Waals surface area contributed by atoms with Gasteiger partial charge in [-0.2, -0.15) is 0 Å². The van der Waals surface area contributed by atoms with Crippen LogP contribution in [0.1, 0.15) is 22.1 Å². The summed E-state index contributed by atoms with van der Waals surface area (Å²) in [7, 11) is 1.71. The van der Waals surface area contributed by atoms with Crippen molar-refractivity contribution in [1.82, 2.24) is 14.9 Å². The topological polar surface area (TPSA) is 106 Å². The molecule has 1 atom stereocenters. The average Bonchev–Trinajstić information content (AvgIpc) is 2.91. The predicted molar refractivity (Wildman–Crippen MR) is 73.3 cm³/mol. The molecule has 7 heteroatoms. The lowest BCUT2D eigenvalue weighted by molar-refractivity contribution is 0.0938. The molecule has 7 nitrogen and oxygen atoms in total. The Morgan fingerprint density at radius 2 is 2.15 bits per heavy atom. The number of oxime groups is 1. The third kappa shape index (κ3) is 2.77. The summed E-state index contributed by atoms with van der Waals surface area (Å²) in [5.41, 5.74) is 6.76. The minimum absolute atomic E-state index is 0.0910. The third-order valence-electron chi connectivity index (χ3n) is 2.87. The van der Waals surface area contributed by atoms with Crippen LogP contribution < -0.4 is 11.1 Å². The number of imidazole rings is 1. The normalized spacial score (nSPS) is 12.9. The predicted octanol–water partition coefficient (Wildman–Crippen LogP) is 0.638. The first kappa shape index (κ1) is 13.6. The first-order valence-electron chi connectivity index (χ1n) is 5.93. The molecule has 2 rings (SSSR count). The van der Waals surface area contributed by atoms with E-state index in [1.165, 1.54) is 12.5 Å². The van der Waals surface area contributed by atoms with Crippen molar-refractivity contribution in [3.8, 4) is 0 Å². The van der Waals surface area contributed by atoms with Gasteiger partial charge in [0, 0.05) is 7.05 Å². The zero-order chi connectivity index (χ0) is 14.5. The zero-order valence-corrected chi connectivity index (χ0v) is 10.9. The highest BCUT2D eigenvalue weighted by Crippen LogP contribution is 2.13. The van der Waals surface area contributed by atoms with Crippen molar-refractivity contribution in [2.24, 2.45) is 17.9 Å². The Hall–Kier alpha value is -2.83. The van der Waals surface area contributed by atoms with E-state index in [9.17, 15) is 4.79 Å². The van der Waals surface area contributed by atoms with Crippen molar-refractivity contribution >= 4 is 11.7 Å². The minimum atomic E-state index is -0.705. The summed E-state index contributed by atoms with van der Waals surface area (Å²) < 4.78 is 1.59. The summed E-state index contributed by atoms with van der Waals surface area (Å²) in [6.07, 6.45) is 2.97. The maximum Gasteiger partial charge on any atom is 0.270 e. The zero-order valence-electron chi connectivity index (χ0n) is 10.9. The van der Waals surface area contributed by atoms with E-state index in [2.05, 4.69) is 15.5 Å². The Bertz CT molecular complexity index is 621. The Morgan fingerprint density at radius 1 is 1.45 bits per heavy atom. The number of nitrogens with one attached hydrogen (secondary N) is 1. The summed E-state index contributed by atoms with van der Waals surface area (Å²) in [6, 6.07) is 8.32. The lowest BCUT2D eigenvalue weighted by Gasteiger charge is -2.17. The van der Waals surface area contributed by atoms with Gasteiger partial charge in [-0.25, -0.2) is 4.98 Å². The molecule has 20 heavy (non-hydrogen) atoms. The van der Waals surface area contributed by atoms with Crippen LogP contribution in [0.2, 0.25) is 0 Å². The van der Waals surface area contributed by atoms with Crippen molar-refractivity contribution in [2.45, 2.75) is 6.04 Å². The van der Waals surface area contributed by atoms with E-state index in [4.69, 9.17) is 10.9 Å². The first-order chi connectivity index (χ1) is 9.63. The SMILES string of the molecule is Cn1cncc1C(=O)NC(/C(N)=N/O)c1ccccc1. The first-order valence-corrected chi connectivity index (χ1v) is 5.93. The van der Waals surface area contributed by atoms with E-state index >= 15 is 0 Å². The van der Waals surface area contributed by atoms with Gasteiger partial charge in [0.1, 0.15) is 11.7 Å². The average molecular weight is 273 g/mol. The van der Waals surface area contributed by atoms with E-state index in [1.54, 1.807) is 23.7 Å². The molecule has 104 valence electrons. The molecule has 1 aromatic heterocycles. The fourth-order valence-electron chi connectivity index (χ4n) is 1.81. The molecule has 0 aliphatic carbocycles. The maximum atomic E-state index is 12.2. The molecule has 4 N–H and O–H groups in total. The number of hydrogen-bond donors (Lipinski definition) is 3. The van der Waals surface area contributed by atoms with E-state index in [1.807, 2.05) is 18.2 Å². The van der Waals surface area contributed by atoms with Crippen LogP contribution in [-0.2, 0) is 7.05 Å². The minimum Gasteiger partial charge on any atom is -0.409 e. The van der Waals surface area contributed by atoms with Crippen molar-refractivity contribution in [2.75, 3.05) is 0 Å². The van der Waals surface area contributed by atoms with Crippen molar-refractivity contribution in [3.05, 3.63) is 54.1 Å². The van der Waals surface area contributed by atoms with Crippen LogP contribution >= 0.6 is 0 Å². The highest BCUT2D eigenvalue weighted by Gasteiger charge is 2.21. The molecule has 0 fully saturated rings. The van der Waals surface area contributed by atoms with Gasteiger partial charge in [0.05, 0.1) is 12.5 Å². The molecule has 0 aliphatic heterocycles. The number of amides is 1. The van der Waals surface area contributed by atoms with Crippen LogP contribution in [0.4, 0.5) is 0 Å². The van der Waals surface area contributed by atoms with E-state index in [-0.39, 0.29) is 11.7 Å². The molecule has 0 saturated carbocycles. The second-order valence-electron chi connectivity index (χ2n) is 4.23. The standard InChI is InChI=1S/C13H15N5O2/c1-18-8-15-7-10(18)13(19)16-11(12(14)17-20)9-5-3-2-4-6-9/h2-8,11,20H,1H3,(H2,14,17)(H,16,19). The van der Waals surface area contributed by atoms with Gasteiger partial charge < -0.3 is 20.8 Å². The number of carbonyl (C=O) groups excluding carboxylic acids is 1. The number of aromatic nitrogens is 2. The molecular weight excluding hydrogens is 258 g/mol. The molecule has 2 aromatic rings. The second kappa shape index (κ2) is 5.87. The molecule has 0 bridgehead atoms. The smallest absolute Gasteiger partial charge is 0.270 e. The number of carbonyl (C=O) groups is 1. The van der Waals surface area contributed by atoms with Gasteiger partial charge in [0.15, 0.2) is 5.84 Å². The van der Waals surface area contributed by atoms with Crippen LogP contribution in [0.5, 0.6) is 0 Å². The maximum absolute atomic E-state index is 12.2. The van der Waals surface area contributed by atoms with Gasteiger partial charge in [-0.3, -0.25) is 4.79 Å². The number of benzene rings is 1. The summed E-state index contributed by atoms with van der Waals surface area (Å²) in [6.45, 7) is 0. The number of hydrogen-bond acceptors (Lipinski definition) is 4. The van der Waals surface area contributed by atoms with Crippen molar-refractivity contribution in [3.63, 3.8) is 0 Å².